The van der Waals surface area contributed by atoms with E-state index in [-0.39, 0.29) is 0 Å². The van der Waals surface area contributed by atoms with Gasteiger partial charge in [0.05, 0.1) is 11.4 Å². The minimum absolute atomic E-state index is 0.503. The van der Waals surface area contributed by atoms with E-state index in [1.165, 1.54) is 5.56 Å². The lowest BCUT2D eigenvalue weighted by Gasteiger charge is -2.05. The van der Waals surface area contributed by atoms with E-state index < -0.39 is 0 Å². The predicted molar refractivity (Wildman–Crippen MR) is 63.5 cm³/mol. The van der Waals surface area contributed by atoms with Crippen molar-refractivity contribution in [3.05, 3.63) is 41.6 Å². The van der Waals surface area contributed by atoms with Crippen molar-refractivity contribution in [1.82, 2.24) is 10.2 Å². The Balaban J connectivity index is 2.30. The Morgan fingerprint density at radius 2 is 1.94 bits per heavy atom. The van der Waals surface area contributed by atoms with Gasteiger partial charge in [0.25, 0.3) is 0 Å². The zero-order valence-corrected chi connectivity index (χ0v) is 9.40. The molecule has 1 aromatic heterocycles. The molecule has 82 valence electrons. The number of hydrogen-bond acceptors (Lipinski definition) is 2. The molecule has 16 heavy (non-hydrogen) atoms. The number of rotatable bonds is 3. The second-order valence-electron chi connectivity index (χ2n) is 4.10. The van der Waals surface area contributed by atoms with Gasteiger partial charge >= 0.3 is 0 Å². The first kappa shape index (κ1) is 10.6. The number of nitrogens with one attached hydrogen (secondary N) is 1. The number of carbonyl (C=O) groups is 1. The molecule has 0 aliphatic rings. The van der Waals surface area contributed by atoms with Crippen LogP contribution in [0.3, 0.4) is 0 Å². The van der Waals surface area contributed by atoms with Gasteiger partial charge in [-0.05, 0) is 17.5 Å². The van der Waals surface area contributed by atoms with Gasteiger partial charge in [-0.15, -0.1) is 0 Å². The normalized spacial score (nSPS) is 10.7. The third-order valence-electron chi connectivity index (χ3n) is 2.60. The van der Waals surface area contributed by atoms with Gasteiger partial charge in [-0.25, -0.2) is 0 Å². The summed E-state index contributed by atoms with van der Waals surface area (Å²) >= 11 is 0. The monoisotopic (exact) mass is 214 g/mol. The molecule has 2 aromatic rings. The first-order valence-corrected chi connectivity index (χ1v) is 5.31. The van der Waals surface area contributed by atoms with Gasteiger partial charge in [0.2, 0.25) is 0 Å². The molecule has 3 nitrogen and oxygen atoms in total. The molecule has 2 rings (SSSR count). The standard InChI is InChI=1S/C13H14N2O/c1-9(2)10-3-5-11(6-4-10)13-7-12(8-16)14-15-13/h3-9H,1-2H3,(H,14,15). The fourth-order valence-electron chi connectivity index (χ4n) is 1.58. The van der Waals surface area contributed by atoms with Crippen LogP contribution in [-0.4, -0.2) is 16.5 Å². The van der Waals surface area contributed by atoms with Crippen molar-refractivity contribution in [3.63, 3.8) is 0 Å². The molecule has 0 aliphatic carbocycles. The van der Waals surface area contributed by atoms with Crippen molar-refractivity contribution in [1.29, 1.82) is 0 Å². The molecule has 3 heteroatoms. The Morgan fingerprint density at radius 1 is 1.25 bits per heavy atom. The van der Waals surface area contributed by atoms with E-state index in [4.69, 9.17) is 0 Å². The van der Waals surface area contributed by atoms with Crippen LogP contribution in [0.1, 0.15) is 35.8 Å². The van der Waals surface area contributed by atoms with Gasteiger partial charge in [-0.3, -0.25) is 9.89 Å². The molecule has 0 amide bonds. The van der Waals surface area contributed by atoms with Crippen LogP contribution >= 0.6 is 0 Å². The van der Waals surface area contributed by atoms with E-state index in [9.17, 15) is 4.79 Å². The Labute approximate surface area is 94.5 Å². The van der Waals surface area contributed by atoms with Crippen LogP contribution in [0.5, 0.6) is 0 Å². The topological polar surface area (TPSA) is 45.8 Å². The van der Waals surface area contributed by atoms with Gasteiger partial charge in [0.1, 0.15) is 0 Å². The Kier molecular flexibility index (Phi) is 2.86. The van der Waals surface area contributed by atoms with Crippen LogP contribution in [0.4, 0.5) is 0 Å². The number of hydrogen-bond donors (Lipinski definition) is 1. The summed E-state index contributed by atoms with van der Waals surface area (Å²) < 4.78 is 0. The molecular formula is C13H14N2O. The van der Waals surface area contributed by atoms with E-state index in [1.807, 2.05) is 12.1 Å². The van der Waals surface area contributed by atoms with Gasteiger partial charge in [0, 0.05) is 5.56 Å². The number of aromatic amines is 1. The fraction of sp³-hybridized carbons (Fsp3) is 0.231. The number of nitrogens with zero attached hydrogens (tertiary/aromatic N) is 1. The van der Waals surface area contributed by atoms with Gasteiger partial charge in [-0.2, -0.15) is 5.10 Å². The highest BCUT2D eigenvalue weighted by Gasteiger charge is 2.04. The smallest absolute Gasteiger partial charge is 0.167 e. The Morgan fingerprint density at radius 3 is 2.44 bits per heavy atom. The molecule has 0 bridgehead atoms. The molecule has 0 spiro atoms. The molecule has 0 atom stereocenters. The SMILES string of the molecule is CC(C)c1ccc(-c2cc(C=O)[nH]n2)cc1. The van der Waals surface area contributed by atoms with Crippen LogP contribution in [0, 0.1) is 0 Å². The first-order valence-electron chi connectivity index (χ1n) is 5.31. The predicted octanol–water partition coefficient (Wildman–Crippen LogP) is 3.01. The summed E-state index contributed by atoms with van der Waals surface area (Å²) in [5.41, 5.74) is 3.63. The van der Waals surface area contributed by atoms with E-state index in [0.717, 1.165) is 17.5 Å². The Bertz CT molecular complexity index is 483. The van der Waals surface area contributed by atoms with Crippen molar-refractivity contribution in [2.75, 3.05) is 0 Å². The summed E-state index contributed by atoms with van der Waals surface area (Å²) in [6, 6.07) is 9.99. The number of aromatic nitrogens is 2. The summed E-state index contributed by atoms with van der Waals surface area (Å²) in [4.78, 5) is 10.5. The molecule has 1 N–H and O–H groups in total. The highest BCUT2D eigenvalue weighted by Crippen LogP contribution is 2.21. The molecule has 0 saturated heterocycles. The summed E-state index contributed by atoms with van der Waals surface area (Å²) in [6.45, 7) is 4.32. The quantitative estimate of drug-likeness (QED) is 0.798. The largest absolute Gasteiger partial charge is 0.296 e. The van der Waals surface area contributed by atoms with E-state index >= 15 is 0 Å². The molecule has 1 heterocycles. The van der Waals surface area contributed by atoms with E-state index in [1.54, 1.807) is 6.07 Å². The van der Waals surface area contributed by atoms with Crippen molar-refractivity contribution in [2.45, 2.75) is 19.8 Å². The van der Waals surface area contributed by atoms with Crippen molar-refractivity contribution < 1.29 is 4.79 Å². The maximum absolute atomic E-state index is 10.5. The number of H-pyrrole nitrogens is 1. The average molecular weight is 214 g/mol. The minimum atomic E-state index is 0.503. The van der Waals surface area contributed by atoms with Crippen LogP contribution in [-0.2, 0) is 0 Å². The lowest BCUT2D eigenvalue weighted by molar-refractivity contribution is 0.111. The Hall–Kier alpha value is -1.90. The van der Waals surface area contributed by atoms with Crippen LogP contribution in [0.25, 0.3) is 11.3 Å². The highest BCUT2D eigenvalue weighted by molar-refractivity contribution is 5.75. The van der Waals surface area contributed by atoms with Crippen LogP contribution < -0.4 is 0 Å². The molecule has 0 radical (unpaired) electrons. The van der Waals surface area contributed by atoms with Crippen molar-refractivity contribution in [2.24, 2.45) is 0 Å². The van der Waals surface area contributed by atoms with Crippen molar-refractivity contribution in [3.8, 4) is 11.3 Å². The zero-order chi connectivity index (χ0) is 11.5. The average Bonchev–Trinajstić information content (AvgIpc) is 2.77. The van der Waals surface area contributed by atoms with Gasteiger partial charge in [-0.1, -0.05) is 38.1 Å². The number of benzene rings is 1. The van der Waals surface area contributed by atoms with Crippen LogP contribution in [0.15, 0.2) is 30.3 Å². The summed E-state index contributed by atoms with van der Waals surface area (Å²) in [5, 5.41) is 6.75. The fourth-order valence-corrected chi connectivity index (χ4v) is 1.58. The maximum atomic E-state index is 10.5. The molecule has 0 unspecified atom stereocenters. The highest BCUT2D eigenvalue weighted by atomic mass is 16.1. The summed E-state index contributed by atoms with van der Waals surface area (Å²) in [5.74, 6) is 0.527. The lowest BCUT2D eigenvalue weighted by Crippen LogP contribution is -1.86. The second kappa shape index (κ2) is 4.31. The molecular weight excluding hydrogens is 200 g/mol. The van der Waals surface area contributed by atoms with Crippen molar-refractivity contribution >= 4 is 6.29 Å². The third kappa shape index (κ3) is 2.03. The van der Waals surface area contributed by atoms with Crippen LogP contribution in [0.2, 0.25) is 0 Å². The van der Waals surface area contributed by atoms with Gasteiger partial charge < -0.3 is 0 Å². The third-order valence-corrected chi connectivity index (χ3v) is 2.60. The van der Waals surface area contributed by atoms with Gasteiger partial charge in [0.15, 0.2) is 6.29 Å². The minimum Gasteiger partial charge on any atom is -0.296 e. The van der Waals surface area contributed by atoms with E-state index in [0.29, 0.717) is 11.6 Å². The first-order chi connectivity index (χ1) is 7.70. The lowest BCUT2D eigenvalue weighted by atomic mass is 10.0. The maximum Gasteiger partial charge on any atom is 0.167 e. The molecule has 1 aromatic carbocycles. The molecule has 0 aliphatic heterocycles. The molecule has 0 fully saturated rings. The number of aldehydes is 1. The molecule has 0 saturated carbocycles. The zero-order valence-electron chi connectivity index (χ0n) is 9.40. The summed E-state index contributed by atoms with van der Waals surface area (Å²) in [6.07, 6.45) is 0.763. The summed E-state index contributed by atoms with van der Waals surface area (Å²) in [7, 11) is 0. The van der Waals surface area contributed by atoms with E-state index in [2.05, 4.69) is 36.2 Å². The number of carbonyl (C=O) groups excluding carboxylic acids is 1. The second-order valence-corrected chi connectivity index (χ2v) is 4.10.